The Morgan fingerprint density at radius 1 is 0.656 bits per heavy atom. The SMILES string of the molecule is CC(C)(C)CC(C)(C)n1nnnc1C(c1nnnn1C(C)(C)CC(C)(C)C)N1CCCC1. The average molecular weight is 446 g/mol. The lowest BCUT2D eigenvalue weighted by molar-refractivity contribution is 0.158. The molecule has 2 aromatic rings. The highest BCUT2D eigenvalue weighted by molar-refractivity contribution is 5.12. The molecule has 0 aromatic carbocycles. The molecular formula is C23H43N9. The Labute approximate surface area is 193 Å². The van der Waals surface area contributed by atoms with Crippen molar-refractivity contribution in [2.45, 2.75) is 112 Å². The van der Waals surface area contributed by atoms with Crippen LogP contribution in [0.15, 0.2) is 0 Å². The lowest BCUT2D eigenvalue weighted by Gasteiger charge is -2.36. The van der Waals surface area contributed by atoms with E-state index in [4.69, 9.17) is 0 Å². The van der Waals surface area contributed by atoms with Crippen molar-refractivity contribution < 1.29 is 0 Å². The summed E-state index contributed by atoms with van der Waals surface area (Å²) in [7, 11) is 0. The van der Waals surface area contributed by atoms with Crippen molar-refractivity contribution in [3.63, 3.8) is 0 Å². The van der Waals surface area contributed by atoms with E-state index in [0.29, 0.717) is 0 Å². The Kier molecular flexibility index (Phi) is 6.54. The summed E-state index contributed by atoms with van der Waals surface area (Å²) in [6.07, 6.45) is 4.23. The Bertz CT molecular complexity index is 823. The van der Waals surface area contributed by atoms with Crippen LogP contribution >= 0.6 is 0 Å². The Morgan fingerprint density at radius 2 is 1.03 bits per heavy atom. The summed E-state index contributed by atoms with van der Waals surface area (Å²) in [6, 6.07) is -0.180. The minimum atomic E-state index is -0.242. The van der Waals surface area contributed by atoms with Gasteiger partial charge in [0.1, 0.15) is 6.04 Å². The molecule has 1 aliphatic heterocycles. The third-order valence-corrected chi connectivity index (χ3v) is 6.05. The topological polar surface area (TPSA) is 90.4 Å². The fourth-order valence-corrected chi connectivity index (χ4v) is 5.78. The second kappa shape index (κ2) is 8.47. The molecule has 0 aliphatic carbocycles. The van der Waals surface area contributed by atoms with Crippen LogP contribution in [0.5, 0.6) is 0 Å². The van der Waals surface area contributed by atoms with E-state index in [9.17, 15) is 0 Å². The van der Waals surface area contributed by atoms with Gasteiger partial charge < -0.3 is 0 Å². The molecule has 0 saturated carbocycles. The first-order chi connectivity index (χ1) is 14.6. The van der Waals surface area contributed by atoms with Gasteiger partial charge in [-0.3, -0.25) is 4.90 Å². The molecule has 180 valence electrons. The number of nitrogens with zero attached hydrogens (tertiary/aromatic N) is 9. The van der Waals surface area contributed by atoms with Gasteiger partial charge in [0.2, 0.25) is 0 Å². The first-order valence-electron chi connectivity index (χ1n) is 11.9. The van der Waals surface area contributed by atoms with Crippen LogP contribution in [0.2, 0.25) is 0 Å². The standard InChI is InChI=1S/C23H43N9/c1-20(2,3)15-22(7,8)31-18(24-26-28-31)17(30-13-11-12-14-30)19-25-27-29-32(19)23(9,10)16-21(4,5)6/h17H,11-16H2,1-10H3. The average Bonchev–Trinajstić information content (AvgIpc) is 3.33. The number of tetrazole rings is 2. The molecule has 0 N–H and O–H groups in total. The van der Waals surface area contributed by atoms with Crippen LogP contribution in [0.3, 0.4) is 0 Å². The first-order valence-corrected chi connectivity index (χ1v) is 11.9. The molecule has 0 amide bonds. The van der Waals surface area contributed by atoms with Crippen LogP contribution in [0.4, 0.5) is 0 Å². The van der Waals surface area contributed by atoms with Crippen molar-refractivity contribution in [1.82, 2.24) is 45.3 Å². The number of hydrogen-bond acceptors (Lipinski definition) is 7. The van der Waals surface area contributed by atoms with Crippen molar-refractivity contribution in [3.05, 3.63) is 11.6 Å². The predicted molar refractivity (Wildman–Crippen MR) is 125 cm³/mol. The molecule has 3 rings (SSSR count). The van der Waals surface area contributed by atoms with E-state index in [1.165, 1.54) is 0 Å². The molecule has 0 radical (unpaired) electrons. The largest absolute Gasteiger partial charge is 0.287 e. The summed E-state index contributed by atoms with van der Waals surface area (Å²) in [4.78, 5) is 2.44. The quantitative estimate of drug-likeness (QED) is 0.631. The van der Waals surface area contributed by atoms with Gasteiger partial charge in [0.05, 0.1) is 11.1 Å². The molecule has 3 heterocycles. The molecule has 0 unspecified atom stereocenters. The third-order valence-electron chi connectivity index (χ3n) is 6.05. The molecular weight excluding hydrogens is 402 g/mol. The predicted octanol–water partition coefficient (Wildman–Crippen LogP) is 4.19. The van der Waals surface area contributed by atoms with Crippen LogP contribution in [-0.2, 0) is 11.1 Å². The van der Waals surface area contributed by atoms with Crippen LogP contribution < -0.4 is 0 Å². The molecule has 1 aliphatic rings. The van der Waals surface area contributed by atoms with Gasteiger partial charge in [-0.2, -0.15) is 0 Å². The Hall–Kier alpha value is -1.90. The second-order valence-corrected chi connectivity index (χ2v) is 13.1. The molecule has 32 heavy (non-hydrogen) atoms. The minimum absolute atomic E-state index is 0.145. The summed E-state index contributed by atoms with van der Waals surface area (Å²) >= 11 is 0. The van der Waals surface area contributed by atoms with Crippen molar-refractivity contribution in [3.8, 4) is 0 Å². The maximum Gasteiger partial charge on any atom is 0.176 e. The van der Waals surface area contributed by atoms with Crippen molar-refractivity contribution in [2.24, 2.45) is 10.8 Å². The lowest BCUT2D eigenvalue weighted by atomic mass is 9.81. The Morgan fingerprint density at radius 3 is 1.38 bits per heavy atom. The van der Waals surface area contributed by atoms with Gasteiger partial charge >= 0.3 is 0 Å². The highest BCUT2D eigenvalue weighted by Crippen LogP contribution is 2.38. The van der Waals surface area contributed by atoms with E-state index in [2.05, 4.69) is 105 Å². The molecule has 1 fully saturated rings. The van der Waals surface area contributed by atoms with Gasteiger partial charge in [-0.25, -0.2) is 9.36 Å². The highest BCUT2D eigenvalue weighted by Gasteiger charge is 2.41. The molecule has 0 spiro atoms. The van der Waals surface area contributed by atoms with Crippen LogP contribution in [-0.4, -0.2) is 58.4 Å². The third kappa shape index (κ3) is 5.53. The summed E-state index contributed by atoms with van der Waals surface area (Å²) < 4.78 is 4.02. The smallest absolute Gasteiger partial charge is 0.176 e. The summed E-state index contributed by atoms with van der Waals surface area (Å²) in [5, 5.41) is 26.3. The van der Waals surface area contributed by atoms with Gasteiger partial charge in [0.25, 0.3) is 0 Å². The summed E-state index contributed by atoms with van der Waals surface area (Å²) in [5.74, 6) is 1.65. The number of hydrogen-bond donors (Lipinski definition) is 0. The molecule has 0 bridgehead atoms. The number of likely N-dealkylation sites (tertiary alicyclic amines) is 1. The van der Waals surface area contributed by atoms with E-state index < -0.39 is 0 Å². The van der Waals surface area contributed by atoms with Gasteiger partial charge in [0.15, 0.2) is 11.6 Å². The van der Waals surface area contributed by atoms with Crippen LogP contribution in [0.25, 0.3) is 0 Å². The van der Waals surface area contributed by atoms with Crippen molar-refractivity contribution in [2.75, 3.05) is 13.1 Å². The summed E-state index contributed by atoms with van der Waals surface area (Å²) in [5.41, 5.74) is -0.194. The number of rotatable bonds is 7. The second-order valence-electron chi connectivity index (χ2n) is 13.1. The molecule has 9 heteroatoms. The fraction of sp³-hybridized carbons (Fsp3) is 0.913. The van der Waals surface area contributed by atoms with Gasteiger partial charge in [-0.1, -0.05) is 41.5 Å². The van der Waals surface area contributed by atoms with E-state index >= 15 is 0 Å². The van der Waals surface area contributed by atoms with E-state index in [0.717, 1.165) is 50.4 Å². The Balaban J connectivity index is 2.10. The monoisotopic (exact) mass is 445 g/mol. The maximum absolute atomic E-state index is 4.56. The fourth-order valence-electron chi connectivity index (χ4n) is 5.78. The zero-order chi connectivity index (χ0) is 23.9. The zero-order valence-electron chi connectivity index (χ0n) is 21.8. The normalized spacial score (nSPS) is 17.0. The molecule has 2 aromatic heterocycles. The minimum Gasteiger partial charge on any atom is -0.287 e. The van der Waals surface area contributed by atoms with Crippen LogP contribution in [0.1, 0.15) is 113 Å². The van der Waals surface area contributed by atoms with E-state index in [1.54, 1.807) is 0 Å². The zero-order valence-corrected chi connectivity index (χ0v) is 21.8. The van der Waals surface area contributed by atoms with Gasteiger partial charge in [-0.15, -0.1) is 10.2 Å². The maximum atomic E-state index is 4.56. The van der Waals surface area contributed by atoms with E-state index in [1.807, 2.05) is 9.36 Å². The molecule has 9 nitrogen and oxygen atoms in total. The summed E-state index contributed by atoms with van der Waals surface area (Å²) in [6.45, 7) is 24.4. The van der Waals surface area contributed by atoms with Crippen molar-refractivity contribution in [1.29, 1.82) is 0 Å². The van der Waals surface area contributed by atoms with Gasteiger partial charge in [0, 0.05) is 0 Å². The number of aromatic nitrogens is 8. The van der Waals surface area contributed by atoms with Gasteiger partial charge in [-0.05, 0) is 98.2 Å². The van der Waals surface area contributed by atoms with Crippen molar-refractivity contribution >= 4 is 0 Å². The van der Waals surface area contributed by atoms with E-state index in [-0.39, 0.29) is 27.9 Å². The molecule has 0 atom stereocenters. The first kappa shape index (κ1) is 24.7. The highest BCUT2D eigenvalue weighted by atomic mass is 15.6. The lowest BCUT2D eigenvalue weighted by Crippen LogP contribution is -2.40. The van der Waals surface area contributed by atoms with Crippen LogP contribution in [0, 0.1) is 10.8 Å². The molecule has 1 saturated heterocycles.